The van der Waals surface area contributed by atoms with E-state index in [4.69, 9.17) is 0 Å². The molecule has 0 bridgehead atoms. The maximum atomic E-state index is 4.59. The number of aromatic nitrogens is 1. The van der Waals surface area contributed by atoms with Crippen molar-refractivity contribution in [2.24, 2.45) is 0 Å². The van der Waals surface area contributed by atoms with Crippen LogP contribution in [0.2, 0.25) is 0 Å². The molecule has 1 saturated carbocycles. The van der Waals surface area contributed by atoms with E-state index in [0.29, 0.717) is 0 Å². The Hall–Kier alpha value is -2.19. The maximum absolute atomic E-state index is 4.59. The lowest BCUT2D eigenvalue weighted by atomic mass is 10.1. The van der Waals surface area contributed by atoms with E-state index >= 15 is 0 Å². The topological polar surface area (TPSA) is 16.1 Å². The largest absolute Gasteiger partial charge is 0.292 e. The lowest BCUT2D eigenvalue weighted by Gasteiger charge is -2.22. The molecule has 0 spiro atoms. The van der Waals surface area contributed by atoms with Gasteiger partial charge in [0.2, 0.25) is 0 Å². The van der Waals surface area contributed by atoms with E-state index in [9.17, 15) is 0 Å². The number of pyridine rings is 1. The van der Waals surface area contributed by atoms with E-state index in [1.54, 1.807) is 0 Å². The highest BCUT2D eigenvalue weighted by atomic mass is 15.2. The highest BCUT2D eigenvalue weighted by Crippen LogP contribution is 2.30. The summed E-state index contributed by atoms with van der Waals surface area (Å²) < 4.78 is 0. The van der Waals surface area contributed by atoms with E-state index in [1.165, 1.54) is 29.4 Å². The lowest BCUT2D eigenvalue weighted by molar-refractivity contribution is 0.246. The summed E-state index contributed by atoms with van der Waals surface area (Å²) in [6, 6.07) is 22.2. The van der Waals surface area contributed by atoms with Gasteiger partial charge in [-0.25, -0.2) is 0 Å². The molecule has 1 aliphatic rings. The summed E-state index contributed by atoms with van der Waals surface area (Å²) in [5.74, 6) is 0. The highest BCUT2D eigenvalue weighted by Gasteiger charge is 2.29. The van der Waals surface area contributed by atoms with Crippen LogP contribution in [0.25, 0.3) is 10.9 Å². The SMILES string of the molecule is c1ccc(CN(Cc2cccc3cccnc23)C2CC2)cc1. The van der Waals surface area contributed by atoms with Gasteiger partial charge in [-0.2, -0.15) is 0 Å². The van der Waals surface area contributed by atoms with Crippen molar-refractivity contribution in [2.75, 3.05) is 0 Å². The summed E-state index contributed by atoms with van der Waals surface area (Å²) in [4.78, 5) is 7.19. The molecule has 1 fully saturated rings. The second-order valence-electron chi connectivity index (χ2n) is 6.11. The number of hydrogen-bond donors (Lipinski definition) is 0. The van der Waals surface area contributed by atoms with Crippen LogP contribution in [0.1, 0.15) is 24.0 Å². The van der Waals surface area contributed by atoms with Crippen LogP contribution < -0.4 is 0 Å². The van der Waals surface area contributed by atoms with Crippen LogP contribution >= 0.6 is 0 Å². The minimum Gasteiger partial charge on any atom is -0.292 e. The van der Waals surface area contributed by atoms with Gasteiger partial charge < -0.3 is 0 Å². The third-order valence-corrected chi connectivity index (χ3v) is 4.38. The van der Waals surface area contributed by atoms with Crippen molar-refractivity contribution in [3.05, 3.63) is 78.0 Å². The molecular weight excluding hydrogens is 268 g/mol. The van der Waals surface area contributed by atoms with Crippen molar-refractivity contribution in [3.63, 3.8) is 0 Å². The van der Waals surface area contributed by atoms with Gasteiger partial charge in [0.15, 0.2) is 0 Å². The van der Waals surface area contributed by atoms with Gasteiger partial charge >= 0.3 is 0 Å². The molecule has 4 rings (SSSR count). The lowest BCUT2D eigenvalue weighted by Crippen LogP contribution is -2.25. The van der Waals surface area contributed by atoms with Crippen LogP contribution in [-0.2, 0) is 13.1 Å². The van der Waals surface area contributed by atoms with Gasteiger partial charge in [-0.1, -0.05) is 54.6 Å². The van der Waals surface area contributed by atoms with Crippen molar-refractivity contribution in [1.29, 1.82) is 0 Å². The van der Waals surface area contributed by atoms with Gasteiger partial charge in [-0.3, -0.25) is 9.88 Å². The molecule has 0 unspecified atom stereocenters. The minimum absolute atomic E-state index is 0.735. The Morgan fingerprint density at radius 3 is 2.50 bits per heavy atom. The van der Waals surface area contributed by atoms with Crippen molar-refractivity contribution in [3.8, 4) is 0 Å². The van der Waals surface area contributed by atoms with E-state index in [1.807, 2.05) is 12.3 Å². The Labute approximate surface area is 131 Å². The fourth-order valence-corrected chi connectivity index (χ4v) is 3.09. The quantitative estimate of drug-likeness (QED) is 0.692. The van der Waals surface area contributed by atoms with Gasteiger partial charge in [0.05, 0.1) is 5.52 Å². The molecule has 1 aromatic heterocycles. The molecule has 0 radical (unpaired) electrons. The molecule has 0 atom stereocenters. The second kappa shape index (κ2) is 5.90. The molecule has 22 heavy (non-hydrogen) atoms. The molecule has 0 aliphatic heterocycles. The molecular formula is C20H20N2. The van der Waals surface area contributed by atoms with Gasteiger partial charge in [-0.05, 0) is 30.0 Å². The van der Waals surface area contributed by atoms with E-state index < -0.39 is 0 Å². The number of fused-ring (bicyclic) bond motifs is 1. The van der Waals surface area contributed by atoms with Crippen LogP contribution in [0.3, 0.4) is 0 Å². The summed E-state index contributed by atoms with van der Waals surface area (Å²) in [6.45, 7) is 2.00. The van der Waals surface area contributed by atoms with Crippen molar-refractivity contribution >= 4 is 10.9 Å². The molecule has 1 aliphatic carbocycles. The fraction of sp³-hybridized carbons (Fsp3) is 0.250. The predicted molar refractivity (Wildman–Crippen MR) is 90.5 cm³/mol. The molecule has 1 heterocycles. The van der Waals surface area contributed by atoms with Crippen LogP contribution in [0.5, 0.6) is 0 Å². The monoisotopic (exact) mass is 288 g/mol. The summed E-state index contributed by atoms with van der Waals surface area (Å²) in [5, 5.41) is 1.23. The Kier molecular flexibility index (Phi) is 3.61. The van der Waals surface area contributed by atoms with E-state index in [2.05, 4.69) is 64.5 Å². The average molecular weight is 288 g/mol. The smallest absolute Gasteiger partial charge is 0.0746 e. The molecule has 2 heteroatoms. The zero-order chi connectivity index (χ0) is 14.8. The van der Waals surface area contributed by atoms with Crippen LogP contribution in [0.4, 0.5) is 0 Å². The first kappa shape index (κ1) is 13.5. The fourth-order valence-electron chi connectivity index (χ4n) is 3.09. The van der Waals surface area contributed by atoms with Crippen LogP contribution in [0, 0.1) is 0 Å². The predicted octanol–water partition coefficient (Wildman–Crippen LogP) is 4.40. The average Bonchev–Trinajstić information content (AvgIpc) is 3.40. The van der Waals surface area contributed by atoms with Gasteiger partial charge in [0.1, 0.15) is 0 Å². The van der Waals surface area contributed by atoms with Gasteiger partial charge in [0.25, 0.3) is 0 Å². The summed E-state index contributed by atoms with van der Waals surface area (Å²) in [7, 11) is 0. The molecule has 0 saturated heterocycles. The second-order valence-corrected chi connectivity index (χ2v) is 6.11. The highest BCUT2D eigenvalue weighted by molar-refractivity contribution is 5.81. The van der Waals surface area contributed by atoms with E-state index in [0.717, 1.165) is 24.6 Å². The number of para-hydroxylation sites is 1. The summed E-state index contributed by atoms with van der Waals surface area (Å²) >= 11 is 0. The number of hydrogen-bond acceptors (Lipinski definition) is 2. The van der Waals surface area contributed by atoms with Crippen molar-refractivity contribution < 1.29 is 0 Å². The van der Waals surface area contributed by atoms with Crippen molar-refractivity contribution in [2.45, 2.75) is 32.0 Å². The first-order valence-electron chi connectivity index (χ1n) is 8.01. The Morgan fingerprint density at radius 1 is 0.864 bits per heavy atom. The first-order chi connectivity index (χ1) is 10.9. The molecule has 0 N–H and O–H groups in total. The minimum atomic E-state index is 0.735. The third kappa shape index (κ3) is 2.88. The Bertz CT molecular complexity index is 758. The third-order valence-electron chi connectivity index (χ3n) is 4.38. The first-order valence-corrected chi connectivity index (χ1v) is 8.01. The van der Waals surface area contributed by atoms with Gasteiger partial charge in [0, 0.05) is 30.7 Å². The number of benzene rings is 2. The summed E-state index contributed by atoms with van der Waals surface area (Å²) in [6.07, 6.45) is 4.54. The van der Waals surface area contributed by atoms with Crippen molar-refractivity contribution in [1.82, 2.24) is 9.88 Å². The van der Waals surface area contributed by atoms with E-state index in [-0.39, 0.29) is 0 Å². The summed E-state index contributed by atoms with van der Waals surface area (Å²) in [5.41, 5.74) is 3.87. The normalized spacial score (nSPS) is 14.6. The standard InChI is InChI=1S/C20H20N2/c1-2-6-16(7-3-1)14-22(19-11-12-19)15-18-9-4-8-17-10-5-13-21-20(17)18/h1-10,13,19H,11-12,14-15H2. The molecule has 0 amide bonds. The Morgan fingerprint density at radius 2 is 1.68 bits per heavy atom. The molecule has 110 valence electrons. The number of nitrogens with zero attached hydrogens (tertiary/aromatic N) is 2. The Balaban J connectivity index is 1.61. The van der Waals surface area contributed by atoms with Crippen LogP contribution in [0.15, 0.2) is 66.9 Å². The molecule has 2 nitrogen and oxygen atoms in total. The van der Waals surface area contributed by atoms with Crippen LogP contribution in [-0.4, -0.2) is 15.9 Å². The zero-order valence-corrected chi connectivity index (χ0v) is 12.7. The molecule has 2 aromatic carbocycles. The number of rotatable bonds is 5. The zero-order valence-electron chi connectivity index (χ0n) is 12.7. The maximum Gasteiger partial charge on any atom is 0.0746 e. The molecule has 3 aromatic rings. The van der Waals surface area contributed by atoms with Gasteiger partial charge in [-0.15, -0.1) is 0 Å².